The molecular formula is C18H16N6O2. The number of hydrogen-bond donors (Lipinski definition) is 3. The van der Waals surface area contributed by atoms with Crippen LogP contribution in [0.25, 0.3) is 22.7 Å². The van der Waals surface area contributed by atoms with Gasteiger partial charge in [0, 0.05) is 11.1 Å². The second-order valence-corrected chi connectivity index (χ2v) is 5.82. The smallest absolute Gasteiger partial charge is 0.279 e. The van der Waals surface area contributed by atoms with Crippen LogP contribution in [0.3, 0.4) is 0 Å². The average Bonchev–Trinajstić information content (AvgIpc) is 3.37. The molecule has 0 bridgehead atoms. The first-order chi connectivity index (χ1) is 12.6. The second-order valence-electron chi connectivity index (χ2n) is 5.82. The number of nitrogens with one attached hydrogen (secondary N) is 3. The topological polar surface area (TPSA) is 112 Å². The maximum atomic E-state index is 12.7. The molecule has 26 heavy (non-hydrogen) atoms. The number of carbonyl (C=O) groups is 1. The Morgan fingerprint density at radius 1 is 1.04 bits per heavy atom. The molecule has 0 radical (unpaired) electrons. The van der Waals surface area contributed by atoms with Gasteiger partial charge in [0.15, 0.2) is 17.3 Å². The SMILES string of the molecule is Cc1ccc(-c2[nH]nc(NC(=O)c3n[nH]nc3-c3ccccc3)c2C)o1. The van der Waals surface area contributed by atoms with Crippen molar-refractivity contribution in [2.45, 2.75) is 13.8 Å². The summed E-state index contributed by atoms with van der Waals surface area (Å²) in [5.41, 5.74) is 2.98. The number of carbonyl (C=O) groups excluding carboxylic acids is 1. The maximum Gasteiger partial charge on any atom is 0.279 e. The third-order valence-corrected chi connectivity index (χ3v) is 4.04. The largest absolute Gasteiger partial charge is 0.460 e. The van der Waals surface area contributed by atoms with E-state index in [1.807, 2.05) is 56.3 Å². The van der Waals surface area contributed by atoms with Crippen molar-refractivity contribution < 1.29 is 9.21 Å². The van der Waals surface area contributed by atoms with Crippen LogP contribution in [-0.2, 0) is 0 Å². The van der Waals surface area contributed by atoms with Gasteiger partial charge in [-0.1, -0.05) is 30.3 Å². The van der Waals surface area contributed by atoms with E-state index >= 15 is 0 Å². The molecule has 3 N–H and O–H groups in total. The Kier molecular flexibility index (Phi) is 3.85. The number of furan rings is 1. The zero-order chi connectivity index (χ0) is 18.1. The number of amides is 1. The van der Waals surface area contributed by atoms with Crippen LogP contribution in [0, 0.1) is 13.8 Å². The van der Waals surface area contributed by atoms with Crippen LogP contribution in [0.2, 0.25) is 0 Å². The van der Waals surface area contributed by atoms with Crippen molar-refractivity contribution in [1.82, 2.24) is 25.6 Å². The zero-order valence-corrected chi connectivity index (χ0v) is 14.2. The molecule has 0 aliphatic carbocycles. The lowest BCUT2D eigenvalue weighted by atomic mass is 10.1. The van der Waals surface area contributed by atoms with Gasteiger partial charge in [-0.05, 0) is 26.0 Å². The average molecular weight is 348 g/mol. The summed E-state index contributed by atoms with van der Waals surface area (Å²) >= 11 is 0. The molecule has 1 aromatic carbocycles. The number of aromatic amines is 2. The van der Waals surface area contributed by atoms with E-state index in [4.69, 9.17) is 4.42 Å². The molecule has 0 spiro atoms. The molecular weight excluding hydrogens is 332 g/mol. The molecule has 4 rings (SSSR count). The van der Waals surface area contributed by atoms with Gasteiger partial charge in [0.05, 0.1) is 0 Å². The van der Waals surface area contributed by atoms with Crippen LogP contribution >= 0.6 is 0 Å². The molecule has 1 amide bonds. The van der Waals surface area contributed by atoms with E-state index in [-0.39, 0.29) is 5.69 Å². The van der Waals surface area contributed by atoms with E-state index in [1.54, 1.807) is 0 Å². The highest BCUT2D eigenvalue weighted by molar-refractivity contribution is 6.06. The van der Waals surface area contributed by atoms with E-state index in [0.29, 0.717) is 17.3 Å². The number of nitrogens with zero attached hydrogens (tertiary/aromatic N) is 3. The van der Waals surface area contributed by atoms with Crippen molar-refractivity contribution in [1.29, 1.82) is 0 Å². The Hall–Kier alpha value is -3.68. The summed E-state index contributed by atoms with van der Waals surface area (Å²) < 4.78 is 5.61. The predicted molar refractivity (Wildman–Crippen MR) is 95.5 cm³/mol. The molecule has 130 valence electrons. The second kappa shape index (κ2) is 6.32. The quantitative estimate of drug-likeness (QED) is 0.524. The van der Waals surface area contributed by atoms with Gasteiger partial charge in [-0.15, -0.1) is 0 Å². The predicted octanol–water partition coefficient (Wildman–Crippen LogP) is 3.32. The van der Waals surface area contributed by atoms with Gasteiger partial charge in [-0.2, -0.15) is 20.5 Å². The minimum Gasteiger partial charge on any atom is -0.460 e. The summed E-state index contributed by atoms with van der Waals surface area (Å²) in [6.45, 7) is 3.72. The fraction of sp³-hybridized carbons (Fsp3) is 0.111. The van der Waals surface area contributed by atoms with Gasteiger partial charge in [0.1, 0.15) is 17.1 Å². The number of H-pyrrole nitrogens is 2. The van der Waals surface area contributed by atoms with Crippen molar-refractivity contribution in [2.75, 3.05) is 5.32 Å². The number of aromatic nitrogens is 5. The van der Waals surface area contributed by atoms with E-state index in [2.05, 4.69) is 30.9 Å². The monoisotopic (exact) mass is 348 g/mol. The van der Waals surface area contributed by atoms with E-state index in [0.717, 1.165) is 22.6 Å². The van der Waals surface area contributed by atoms with Crippen LogP contribution in [0.4, 0.5) is 5.82 Å². The number of rotatable bonds is 4. The molecule has 0 fully saturated rings. The standard InChI is InChI=1S/C18H16N6O2/c1-10-8-9-13(26-10)14-11(2)17(23-20-14)19-18(25)16-15(21-24-22-16)12-6-4-3-5-7-12/h3-9H,1-2H3,(H,21,22,24)(H2,19,20,23,25). The van der Waals surface area contributed by atoms with Gasteiger partial charge >= 0.3 is 0 Å². The third-order valence-electron chi connectivity index (χ3n) is 4.04. The molecule has 0 aliphatic heterocycles. The zero-order valence-electron chi connectivity index (χ0n) is 14.2. The third kappa shape index (κ3) is 2.77. The lowest BCUT2D eigenvalue weighted by Gasteiger charge is -2.03. The van der Waals surface area contributed by atoms with E-state index in [9.17, 15) is 4.79 Å². The summed E-state index contributed by atoms with van der Waals surface area (Å²) in [7, 11) is 0. The summed E-state index contributed by atoms with van der Waals surface area (Å²) in [5.74, 6) is 1.49. The minimum atomic E-state index is -0.394. The normalized spacial score (nSPS) is 10.8. The van der Waals surface area contributed by atoms with Crippen LogP contribution in [0.1, 0.15) is 21.8 Å². The highest BCUT2D eigenvalue weighted by Crippen LogP contribution is 2.28. The summed E-state index contributed by atoms with van der Waals surface area (Å²) in [6.07, 6.45) is 0. The lowest BCUT2D eigenvalue weighted by Crippen LogP contribution is -2.14. The lowest BCUT2D eigenvalue weighted by molar-refractivity contribution is 0.102. The first kappa shape index (κ1) is 15.8. The van der Waals surface area contributed by atoms with Gasteiger partial charge in [0.2, 0.25) is 0 Å². The van der Waals surface area contributed by atoms with Crippen molar-refractivity contribution in [3.05, 3.63) is 59.5 Å². The van der Waals surface area contributed by atoms with Gasteiger partial charge in [-0.3, -0.25) is 9.89 Å². The Bertz CT molecular complexity index is 1060. The highest BCUT2D eigenvalue weighted by Gasteiger charge is 2.21. The molecule has 8 nitrogen and oxygen atoms in total. The fourth-order valence-corrected chi connectivity index (χ4v) is 2.68. The van der Waals surface area contributed by atoms with Crippen molar-refractivity contribution in [3.8, 4) is 22.7 Å². The van der Waals surface area contributed by atoms with Gasteiger partial charge < -0.3 is 9.73 Å². The molecule has 8 heteroatoms. The maximum absolute atomic E-state index is 12.7. The molecule has 0 saturated heterocycles. The van der Waals surface area contributed by atoms with Crippen molar-refractivity contribution >= 4 is 11.7 Å². The van der Waals surface area contributed by atoms with Crippen molar-refractivity contribution in [3.63, 3.8) is 0 Å². The Morgan fingerprint density at radius 2 is 1.85 bits per heavy atom. The summed E-state index contributed by atoms with van der Waals surface area (Å²) in [5, 5.41) is 20.4. The molecule has 0 unspecified atom stereocenters. The van der Waals surface area contributed by atoms with Gasteiger partial charge in [0.25, 0.3) is 5.91 Å². The Morgan fingerprint density at radius 3 is 2.58 bits per heavy atom. The molecule has 0 saturated carbocycles. The highest BCUT2D eigenvalue weighted by atomic mass is 16.3. The summed E-state index contributed by atoms with van der Waals surface area (Å²) in [6, 6.07) is 13.1. The number of aryl methyl sites for hydroxylation is 1. The molecule has 0 aliphatic rings. The van der Waals surface area contributed by atoms with Crippen LogP contribution < -0.4 is 5.32 Å². The molecule has 3 aromatic heterocycles. The molecule has 0 atom stereocenters. The van der Waals surface area contributed by atoms with Crippen LogP contribution in [0.15, 0.2) is 46.9 Å². The first-order valence-electron chi connectivity index (χ1n) is 8.03. The Labute approximate surface area is 148 Å². The minimum absolute atomic E-state index is 0.203. The summed E-state index contributed by atoms with van der Waals surface area (Å²) in [4.78, 5) is 12.7. The van der Waals surface area contributed by atoms with E-state index in [1.165, 1.54) is 0 Å². The molecule has 4 aromatic rings. The van der Waals surface area contributed by atoms with Crippen LogP contribution in [-0.4, -0.2) is 31.5 Å². The number of hydrogen-bond acceptors (Lipinski definition) is 5. The van der Waals surface area contributed by atoms with Crippen LogP contribution in [0.5, 0.6) is 0 Å². The van der Waals surface area contributed by atoms with Crippen molar-refractivity contribution in [2.24, 2.45) is 0 Å². The Balaban J connectivity index is 1.61. The van der Waals surface area contributed by atoms with Gasteiger partial charge in [-0.25, -0.2) is 0 Å². The first-order valence-corrected chi connectivity index (χ1v) is 8.03. The fourth-order valence-electron chi connectivity index (χ4n) is 2.68. The van der Waals surface area contributed by atoms with E-state index < -0.39 is 5.91 Å². The molecule has 3 heterocycles. The number of benzene rings is 1. The number of anilines is 1.